The molecule has 8 nitrogen and oxygen atoms in total. The first-order chi connectivity index (χ1) is 14.6. The minimum Gasteiger partial charge on any atom is -0.373 e. The Morgan fingerprint density at radius 3 is 2.93 bits per heavy atom. The van der Waals surface area contributed by atoms with Gasteiger partial charge in [-0.25, -0.2) is 4.98 Å². The molecule has 0 spiro atoms. The van der Waals surface area contributed by atoms with Crippen molar-refractivity contribution < 1.29 is 4.79 Å². The summed E-state index contributed by atoms with van der Waals surface area (Å²) in [6, 6.07) is 5.90. The van der Waals surface area contributed by atoms with Crippen LogP contribution in [0.1, 0.15) is 13.3 Å². The number of anilines is 2. The lowest BCUT2D eigenvalue weighted by molar-refractivity contribution is -0.125. The molecule has 0 bridgehead atoms. The van der Waals surface area contributed by atoms with Gasteiger partial charge in [-0.05, 0) is 44.2 Å². The molecule has 3 N–H and O–H groups in total. The van der Waals surface area contributed by atoms with Gasteiger partial charge in [0.05, 0.1) is 0 Å². The van der Waals surface area contributed by atoms with Crippen molar-refractivity contribution in [3.8, 4) is 11.1 Å². The van der Waals surface area contributed by atoms with Gasteiger partial charge in [0.2, 0.25) is 5.91 Å². The Morgan fingerprint density at radius 2 is 2.20 bits per heavy atom. The van der Waals surface area contributed by atoms with Gasteiger partial charge in [0, 0.05) is 63.3 Å². The minimum atomic E-state index is -0.123. The molecule has 1 saturated heterocycles. The Balaban J connectivity index is 1.81. The quantitative estimate of drug-likeness (QED) is 0.574. The van der Waals surface area contributed by atoms with Crippen molar-refractivity contribution >= 4 is 17.4 Å². The highest BCUT2D eigenvalue weighted by atomic mass is 16.2. The van der Waals surface area contributed by atoms with E-state index in [1.807, 2.05) is 50.2 Å². The van der Waals surface area contributed by atoms with E-state index in [1.165, 1.54) is 0 Å². The number of carbonyl (C=O) groups is 1. The Bertz CT molecular complexity index is 955. The molecule has 1 fully saturated rings. The molecule has 0 radical (unpaired) electrons. The van der Waals surface area contributed by atoms with Gasteiger partial charge in [-0.2, -0.15) is 0 Å². The number of aromatic amines is 1. The average molecular weight is 411 g/mol. The fourth-order valence-corrected chi connectivity index (χ4v) is 3.80. The maximum atomic E-state index is 12.7. The number of hydrogen-bond acceptors (Lipinski definition) is 6. The zero-order valence-corrected chi connectivity index (χ0v) is 17.8. The average Bonchev–Trinajstić information content (AvgIpc) is 3.25. The molecule has 1 aliphatic rings. The number of nitrogens with zero attached hydrogens (tertiary/aromatic N) is 3. The van der Waals surface area contributed by atoms with E-state index in [4.69, 9.17) is 0 Å². The molecule has 0 saturated carbocycles. The van der Waals surface area contributed by atoms with E-state index in [1.54, 1.807) is 18.5 Å². The molecule has 2 aromatic heterocycles. The largest absolute Gasteiger partial charge is 0.373 e. The van der Waals surface area contributed by atoms with Crippen LogP contribution in [0, 0.1) is 0 Å². The van der Waals surface area contributed by atoms with Crippen LogP contribution in [0.15, 0.2) is 47.5 Å². The topological polar surface area (TPSA) is 93.4 Å². The number of likely N-dealkylation sites (N-methyl/N-ethyl adjacent to an activating group) is 2. The summed E-state index contributed by atoms with van der Waals surface area (Å²) in [5.74, 6) is 0.784. The fourth-order valence-electron chi connectivity index (χ4n) is 3.80. The molecule has 0 aliphatic carbocycles. The molecular formula is C22H30N6O2. The van der Waals surface area contributed by atoms with Crippen LogP contribution in [0.3, 0.4) is 0 Å². The number of H-pyrrole nitrogens is 1. The molecule has 1 aliphatic heterocycles. The van der Waals surface area contributed by atoms with Crippen LogP contribution in [-0.2, 0) is 4.79 Å². The van der Waals surface area contributed by atoms with E-state index in [9.17, 15) is 9.59 Å². The fraction of sp³-hybridized carbons (Fsp3) is 0.409. The zero-order chi connectivity index (χ0) is 21.5. The Morgan fingerprint density at radius 1 is 1.37 bits per heavy atom. The highest BCUT2D eigenvalue weighted by molar-refractivity contribution is 5.88. The minimum absolute atomic E-state index is 0.0165. The molecule has 0 aromatic carbocycles. The highest BCUT2D eigenvalue weighted by Gasteiger charge is 2.30. The van der Waals surface area contributed by atoms with Gasteiger partial charge in [0.15, 0.2) is 0 Å². The monoisotopic (exact) mass is 410 g/mol. The number of hydrogen-bond donors (Lipinski definition) is 3. The van der Waals surface area contributed by atoms with Gasteiger partial charge in [0.25, 0.3) is 5.56 Å². The zero-order valence-electron chi connectivity index (χ0n) is 17.8. The number of pyridine rings is 2. The molecule has 160 valence electrons. The summed E-state index contributed by atoms with van der Waals surface area (Å²) < 4.78 is 0. The summed E-state index contributed by atoms with van der Waals surface area (Å²) in [5, 5.41) is 6.03. The van der Waals surface area contributed by atoms with E-state index in [2.05, 4.69) is 25.5 Å². The lowest BCUT2D eigenvalue weighted by Gasteiger charge is -2.29. The molecule has 1 unspecified atom stereocenters. The summed E-state index contributed by atoms with van der Waals surface area (Å²) in [6.45, 7) is 4.69. The number of carbonyl (C=O) groups excluding carboxylic acids is 1. The Kier molecular flexibility index (Phi) is 7.24. The third-order valence-corrected chi connectivity index (χ3v) is 5.38. The number of aromatic nitrogens is 2. The van der Waals surface area contributed by atoms with E-state index >= 15 is 0 Å². The molecule has 8 heteroatoms. The van der Waals surface area contributed by atoms with Gasteiger partial charge in [0.1, 0.15) is 11.5 Å². The smallest absolute Gasteiger partial charge is 0.271 e. The second-order valence-electron chi connectivity index (χ2n) is 7.26. The predicted molar refractivity (Wildman–Crippen MR) is 121 cm³/mol. The number of likely N-dealkylation sites (tertiary alicyclic amines) is 1. The predicted octanol–water partition coefficient (Wildman–Crippen LogP) is 1.68. The summed E-state index contributed by atoms with van der Waals surface area (Å²) >= 11 is 0. The van der Waals surface area contributed by atoms with Crippen molar-refractivity contribution in [3.05, 3.63) is 53.1 Å². The summed E-state index contributed by atoms with van der Waals surface area (Å²) in [6.07, 6.45) is 7.75. The second kappa shape index (κ2) is 10.1. The lowest BCUT2D eigenvalue weighted by Crippen LogP contribution is -2.41. The maximum Gasteiger partial charge on any atom is 0.271 e. The number of nitrogens with one attached hydrogen (secondary N) is 3. The summed E-state index contributed by atoms with van der Waals surface area (Å²) in [7, 11) is 3.67. The van der Waals surface area contributed by atoms with Crippen molar-refractivity contribution in [3.63, 3.8) is 0 Å². The SMILES string of the molecule is CCN(c1cc(-c2ccnc(NC)c2)c[nH]c1=O)C1CCN(C(=O)C=CCNC)C1. The van der Waals surface area contributed by atoms with Crippen molar-refractivity contribution in [2.75, 3.05) is 50.5 Å². The third kappa shape index (κ3) is 4.88. The summed E-state index contributed by atoms with van der Waals surface area (Å²) in [5.41, 5.74) is 2.40. The van der Waals surface area contributed by atoms with Crippen molar-refractivity contribution in [2.45, 2.75) is 19.4 Å². The van der Waals surface area contributed by atoms with Crippen LogP contribution in [0.4, 0.5) is 11.5 Å². The Hall–Kier alpha value is -3.13. The maximum absolute atomic E-state index is 12.7. The molecule has 1 atom stereocenters. The normalized spacial score (nSPS) is 16.2. The summed E-state index contributed by atoms with van der Waals surface area (Å²) in [4.78, 5) is 36.1. The van der Waals surface area contributed by atoms with E-state index in [0.717, 1.165) is 23.4 Å². The molecule has 30 heavy (non-hydrogen) atoms. The molecule has 3 rings (SSSR count). The molecule has 3 heterocycles. The van der Waals surface area contributed by atoms with Gasteiger partial charge in [-0.15, -0.1) is 0 Å². The molecule has 2 aromatic rings. The van der Waals surface area contributed by atoms with E-state index < -0.39 is 0 Å². The first-order valence-electron chi connectivity index (χ1n) is 10.3. The van der Waals surface area contributed by atoms with Crippen LogP contribution < -0.4 is 21.1 Å². The first kappa shape index (κ1) is 21.6. The van der Waals surface area contributed by atoms with Crippen LogP contribution in [0.5, 0.6) is 0 Å². The molecular weight excluding hydrogens is 380 g/mol. The highest BCUT2D eigenvalue weighted by Crippen LogP contribution is 2.26. The van der Waals surface area contributed by atoms with Crippen molar-refractivity contribution in [2.24, 2.45) is 0 Å². The van der Waals surface area contributed by atoms with Gasteiger partial charge >= 0.3 is 0 Å². The van der Waals surface area contributed by atoms with Crippen LogP contribution in [0.2, 0.25) is 0 Å². The van der Waals surface area contributed by atoms with Crippen molar-refractivity contribution in [1.29, 1.82) is 0 Å². The van der Waals surface area contributed by atoms with Crippen LogP contribution >= 0.6 is 0 Å². The van der Waals surface area contributed by atoms with Gasteiger partial charge < -0.3 is 25.4 Å². The third-order valence-electron chi connectivity index (χ3n) is 5.38. The Labute approximate surface area is 177 Å². The lowest BCUT2D eigenvalue weighted by atomic mass is 10.1. The standard InChI is InChI=1S/C22H30N6O2/c1-4-28(18-8-11-27(15-18)21(29)6-5-9-23-2)19-12-17(14-26-22(19)30)16-7-10-25-20(13-16)24-3/h5-7,10,12-14,18,23H,4,8-9,11,15H2,1-3H3,(H,24,25)(H,26,30). The number of amides is 1. The van der Waals surface area contributed by atoms with Crippen molar-refractivity contribution in [1.82, 2.24) is 20.2 Å². The number of rotatable bonds is 8. The van der Waals surface area contributed by atoms with Gasteiger partial charge in [-0.3, -0.25) is 9.59 Å². The van der Waals surface area contributed by atoms with E-state index in [0.29, 0.717) is 31.9 Å². The van der Waals surface area contributed by atoms with Crippen LogP contribution in [0.25, 0.3) is 11.1 Å². The first-order valence-corrected chi connectivity index (χ1v) is 10.3. The second-order valence-corrected chi connectivity index (χ2v) is 7.26. The molecule has 1 amide bonds. The van der Waals surface area contributed by atoms with E-state index in [-0.39, 0.29) is 17.5 Å². The van der Waals surface area contributed by atoms with Gasteiger partial charge in [-0.1, -0.05) is 6.08 Å². The van der Waals surface area contributed by atoms with Crippen LogP contribution in [-0.4, -0.2) is 67.1 Å².